The molecule has 1 aliphatic heterocycles. The molecule has 5 heteroatoms. The summed E-state index contributed by atoms with van der Waals surface area (Å²) in [6.45, 7) is 3.22. The van der Waals surface area contributed by atoms with Crippen molar-refractivity contribution in [2.45, 2.75) is 19.8 Å². The Hall–Kier alpha value is -1.26. The van der Waals surface area contributed by atoms with Gasteiger partial charge in [-0.2, -0.15) is 0 Å². The smallest absolute Gasteiger partial charge is 0.409 e. The Labute approximate surface area is 89.3 Å². The highest BCUT2D eigenvalue weighted by Gasteiger charge is 2.29. The van der Waals surface area contributed by atoms with Gasteiger partial charge < -0.3 is 14.4 Å². The fraction of sp³-hybridized carbons (Fsp3) is 0.800. The molecular formula is C10H17NO4. The van der Waals surface area contributed by atoms with Crippen molar-refractivity contribution in [2.75, 3.05) is 26.8 Å². The monoisotopic (exact) mass is 215 g/mol. The van der Waals surface area contributed by atoms with Crippen LogP contribution in [0.2, 0.25) is 0 Å². The molecule has 0 unspecified atom stereocenters. The van der Waals surface area contributed by atoms with Crippen molar-refractivity contribution in [3.05, 3.63) is 0 Å². The summed E-state index contributed by atoms with van der Waals surface area (Å²) in [5.41, 5.74) is 0. The Morgan fingerprint density at radius 1 is 1.47 bits per heavy atom. The predicted molar refractivity (Wildman–Crippen MR) is 53.3 cm³/mol. The largest absolute Gasteiger partial charge is 0.466 e. The van der Waals surface area contributed by atoms with E-state index in [1.165, 1.54) is 7.11 Å². The van der Waals surface area contributed by atoms with Crippen LogP contribution in [-0.4, -0.2) is 43.8 Å². The summed E-state index contributed by atoms with van der Waals surface area (Å²) >= 11 is 0. The maximum absolute atomic E-state index is 11.5. The number of likely N-dealkylation sites (tertiary alicyclic amines) is 1. The van der Waals surface area contributed by atoms with Gasteiger partial charge in [-0.1, -0.05) is 0 Å². The van der Waals surface area contributed by atoms with Gasteiger partial charge in [0.25, 0.3) is 0 Å². The molecule has 1 amide bonds. The van der Waals surface area contributed by atoms with E-state index in [0.29, 0.717) is 19.7 Å². The van der Waals surface area contributed by atoms with Crippen LogP contribution in [0.15, 0.2) is 0 Å². The zero-order valence-electron chi connectivity index (χ0n) is 9.19. The lowest BCUT2D eigenvalue weighted by molar-refractivity contribution is -0.149. The van der Waals surface area contributed by atoms with Crippen molar-refractivity contribution >= 4 is 12.1 Å². The molecule has 0 aliphatic carbocycles. The molecule has 0 saturated carbocycles. The number of hydrogen-bond acceptors (Lipinski definition) is 4. The number of ether oxygens (including phenoxy) is 2. The molecule has 15 heavy (non-hydrogen) atoms. The summed E-state index contributed by atoms with van der Waals surface area (Å²) in [7, 11) is 1.34. The Morgan fingerprint density at radius 3 is 2.80 bits per heavy atom. The van der Waals surface area contributed by atoms with Crippen LogP contribution >= 0.6 is 0 Å². The van der Waals surface area contributed by atoms with Crippen LogP contribution in [0.1, 0.15) is 19.8 Å². The van der Waals surface area contributed by atoms with E-state index in [0.717, 1.165) is 12.8 Å². The van der Waals surface area contributed by atoms with Crippen molar-refractivity contribution in [2.24, 2.45) is 5.92 Å². The highest BCUT2D eigenvalue weighted by atomic mass is 16.5. The van der Waals surface area contributed by atoms with Crippen LogP contribution in [-0.2, 0) is 14.3 Å². The van der Waals surface area contributed by atoms with Gasteiger partial charge in [-0.3, -0.25) is 4.79 Å². The zero-order chi connectivity index (χ0) is 11.3. The van der Waals surface area contributed by atoms with E-state index >= 15 is 0 Å². The first-order valence-corrected chi connectivity index (χ1v) is 5.18. The van der Waals surface area contributed by atoms with E-state index in [2.05, 4.69) is 4.74 Å². The van der Waals surface area contributed by atoms with Crippen LogP contribution in [0.3, 0.4) is 0 Å². The van der Waals surface area contributed by atoms with Gasteiger partial charge in [-0.25, -0.2) is 4.79 Å². The molecule has 1 saturated heterocycles. The molecule has 0 radical (unpaired) electrons. The lowest BCUT2D eigenvalue weighted by Gasteiger charge is -2.30. The predicted octanol–water partition coefficient (Wildman–Crippen LogP) is 1.03. The number of carbonyl (C=O) groups excluding carboxylic acids is 2. The average molecular weight is 215 g/mol. The number of hydrogen-bond donors (Lipinski definition) is 0. The average Bonchev–Trinajstić information content (AvgIpc) is 2.28. The first-order valence-electron chi connectivity index (χ1n) is 5.18. The van der Waals surface area contributed by atoms with Crippen LogP contribution in [0.4, 0.5) is 4.79 Å². The van der Waals surface area contributed by atoms with Crippen molar-refractivity contribution in [3.8, 4) is 0 Å². The first kappa shape index (κ1) is 11.8. The molecule has 0 spiro atoms. The van der Waals surface area contributed by atoms with Gasteiger partial charge in [0, 0.05) is 13.1 Å². The number of carbonyl (C=O) groups is 2. The number of rotatable bonds is 2. The first-order chi connectivity index (χ1) is 7.19. The number of methoxy groups -OCH3 is 1. The number of esters is 1. The molecular weight excluding hydrogens is 198 g/mol. The molecule has 1 aliphatic rings. The molecule has 0 N–H and O–H groups in total. The van der Waals surface area contributed by atoms with Crippen LogP contribution < -0.4 is 0 Å². The fourth-order valence-electron chi connectivity index (χ4n) is 1.72. The van der Waals surface area contributed by atoms with Gasteiger partial charge in [-0.15, -0.1) is 0 Å². The molecule has 1 fully saturated rings. The highest BCUT2D eigenvalue weighted by Crippen LogP contribution is 2.18. The summed E-state index contributed by atoms with van der Waals surface area (Å²) in [5.74, 6) is -0.413. The third-order valence-corrected chi connectivity index (χ3v) is 2.47. The summed E-state index contributed by atoms with van der Waals surface area (Å²) in [6.07, 6.45) is 1.23. The maximum Gasteiger partial charge on any atom is 0.409 e. The second-order valence-electron chi connectivity index (χ2n) is 3.51. The van der Waals surface area contributed by atoms with Crippen molar-refractivity contribution in [1.82, 2.24) is 4.90 Å². The highest BCUT2D eigenvalue weighted by molar-refractivity contribution is 5.74. The summed E-state index contributed by atoms with van der Waals surface area (Å²) in [5, 5.41) is 0. The second-order valence-corrected chi connectivity index (χ2v) is 3.51. The maximum atomic E-state index is 11.5. The minimum atomic E-state index is -0.371. The van der Waals surface area contributed by atoms with Gasteiger partial charge in [-0.05, 0) is 19.8 Å². The van der Waals surface area contributed by atoms with Gasteiger partial charge in [0.05, 0.1) is 19.6 Å². The Balaban J connectivity index is 2.48. The number of nitrogens with zero attached hydrogens (tertiary/aromatic N) is 1. The van der Waals surface area contributed by atoms with Gasteiger partial charge in [0.2, 0.25) is 0 Å². The summed E-state index contributed by atoms with van der Waals surface area (Å²) < 4.78 is 9.54. The molecule has 1 heterocycles. The standard InChI is InChI=1S/C10H17NO4/c1-3-15-9(12)8-5-4-6-11(7-8)10(13)14-2/h8H,3-7H2,1-2H3/t8-/m1/s1. The van der Waals surface area contributed by atoms with E-state index in [1.807, 2.05) is 0 Å². The Morgan fingerprint density at radius 2 is 2.20 bits per heavy atom. The third kappa shape index (κ3) is 3.11. The van der Waals surface area contributed by atoms with Gasteiger partial charge in [0.15, 0.2) is 0 Å². The van der Waals surface area contributed by atoms with Gasteiger partial charge >= 0.3 is 12.1 Å². The minimum absolute atomic E-state index is 0.196. The fourth-order valence-corrected chi connectivity index (χ4v) is 1.72. The lowest BCUT2D eigenvalue weighted by atomic mass is 9.99. The molecule has 0 aromatic carbocycles. The van der Waals surface area contributed by atoms with E-state index in [9.17, 15) is 9.59 Å². The van der Waals surface area contributed by atoms with E-state index in [1.54, 1.807) is 11.8 Å². The molecule has 0 aromatic rings. The molecule has 5 nitrogen and oxygen atoms in total. The SMILES string of the molecule is CCOC(=O)[C@@H]1CCCN(C(=O)OC)C1. The van der Waals surface area contributed by atoms with E-state index in [4.69, 9.17) is 4.74 Å². The summed E-state index contributed by atoms with van der Waals surface area (Å²) in [4.78, 5) is 24.2. The Kier molecular flexibility index (Phi) is 4.39. The zero-order valence-corrected chi connectivity index (χ0v) is 9.19. The van der Waals surface area contributed by atoms with E-state index < -0.39 is 0 Å². The van der Waals surface area contributed by atoms with Crippen LogP contribution in [0.5, 0.6) is 0 Å². The number of piperidine rings is 1. The van der Waals surface area contributed by atoms with Crippen LogP contribution in [0, 0.1) is 5.92 Å². The van der Waals surface area contributed by atoms with Crippen molar-refractivity contribution < 1.29 is 19.1 Å². The lowest BCUT2D eigenvalue weighted by Crippen LogP contribution is -2.42. The molecule has 86 valence electrons. The second kappa shape index (κ2) is 5.58. The minimum Gasteiger partial charge on any atom is -0.466 e. The molecule has 1 atom stereocenters. The van der Waals surface area contributed by atoms with Gasteiger partial charge in [0.1, 0.15) is 0 Å². The van der Waals surface area contributed by atoms with E-state index in [-0.39, 0.29) is 18.0 Å². The number of amides is 1. The summed E-state index contributed by atoms with van der Waals surface area (Å²) in [6, 6.07) is 0. The van der Waals surface area contributed by atoms with Crippen molar-refractivity contribution in [1.29, 1.82) is 0 Å². The van der Waals surface area contributed by atoms with Crippen molar-refractivity contribution in [3.63, 3.8) is 0 Å². The molecule has 1 rings (SSSR count). The molecule has 0 bridgehead atoms. The van der Waals surface area contributed by atoms with Crippen LogP contribution in [0.25, 0.3) is 0 Å². The quantitative estimate of drug-likeness (QED) is 0.645. The third-order valence-electron chi connectivity index (χ3n) is 2.47. The normalized spacial score (nSPS) is 20.9. The topological polar surface area (TPSA) is 55.8 Å². The Bertz CT molecular complexity index is 242. The molecule has 0 aromatic heterocycles.